The van der Waals surface area contributed by atoms with Gasteiger partial charge in [-0.25, -0.2) is 13.1 Å². The molecule has 0 saturated heterocycles. The van der Waals surface area contributed by atoms with Crippen LogP contribution in [0.15, 0.2) is 36.5 Å². The number of nitrogens with zero attached hydrogens (tertiary/aromatic N) is 1. The van der Waals surface area contributed by atoms with Crippen molar-refractivity contribution < 1.29 is 23.1 Å². The molecule has 10 heteroatoms. The summed E-state index contributed by atoms with van der Waals surface area (Å²) in [6.07, 6.45) is 1.29. The predicted octanol–water partition coefficient (Wildman–Crippen LogP) is 1.88. The number of rotatable bonds is 6. The number of halogens is 2. The summed E-state index contributed by atoms with van der Waals surface area (Å²) in [5.74, 6) is -0.961. The molecule has 2 aromatic rings. The number of pyridine rings is 1. The van der Waals surface area contributed by atoms with Gasteiger partial charge in [0.15, 0.2) is 5.25 Å². The molecule has 2 N–H and O–H groups in total. The van der Waals surface area contributed by atoms with Crippen molar-refractivity contribution in [2.24, 2.45) is 0 Å². The van der Waals surface area contributed by atoms with Gasteiger partial charge in [0.25, 0.3) is 5.91 Å². The van der Waals surface area contributed by atoms with Crippen molar-refractivity contribution in [1.29, 1.82) is 0 Å². The maximum Gasteiger partial charge on any atom is 0.266 e. The molecular weight excluding hydrogens is 391 g/mol. The Kier molecular flexibility index (Phi) is 6.12. The average Bonchev–Trinajstić information content (AvgIpc) is 2.54. The number of aliphatic hydroxyl groups excluding tert-OH is 1. The quantitative estimate of drug-likeness (QED) is 0.712. The molecule has 1 amide bonds. The Hall–Kier alpha value is -2.00. The number of amides is 1. The van der Waals surface area contributed by atoms with Gasteiger partial charge in [0, 0.05) is 16.2 Å². The lowest BCUT2D eigenvalue weighted by Crippen LogP contribution is -2.35. The van der Waals surface area contributed by atoms with Crippen LogP contribution in [0.3, 0.4) is 0 Å². The first-order valence-corrected chi connectivity index (χ1v) is 9.10. The van der Waals surface area contributed by atoms with Crippen LogP contribution in [0.4, 0.5) is 0 Å². The summed E-state index contributed by atoms with van der Waals surface area (Å²) in [6, 6.07) is 6.60. The van der Waals surface area contributed by atoms with Crippen molar-refractivity contribution in [3.05, 3.63) is 63.4 Å². The van der Waals surface area contributed by atoms with E-state index >= 15 is 0 Å². The number of hydrogen-bond acceptors (Lipinski definition) is 6. The van der Waals surface area contributed by atoms with E-state index in [1.54, 1.807) is 0 Å². The molecule has 25 heavy (non-hydrogen) atoms. The Balaban J connectivity index is 2.28. The fourth-order valence-corrected chi connectivity index (χ4v) is 3.66. The Bertz CT molecular complexity index is 880. The van der Waals surface area contributed by atoms with Crippen LogP contribution >= 0.6 is 23.2 Å². The van der Waals surface area contributed by atoms with E-state index in [-0.39, 0.29) is 34.1 Å². The lowest BCUT2D eigenvalue weighted by Gasteiger charge is -2.14. The number of hydrogen-bond donors (Lipinski definition) is 2. The van der Waals surface area contributed by atoms with Gasteiger partial charge in [0.1, 0.15) is 6.29 Å². The Morgan fingerprint density at radius 1 is 1.24 bits per heavy atom. The third-order valence-electron chi connectivity index (χ3n) is 3.16. The number of carbonyl (C=O) groups excluding carboxylic acids is 2. The molecule has 2 rings (SSSR count). The highest BCUT2D eigenvalue weighted by Gasteiger charge is 2.29. The van der Waals surface area contributed by atoms with Crippen molar-refractivity contribution in [2.75, 3.05) is 0 Å². The predicted molar refractivity (Wildman–Crippen MR) is 91.8 cm³/mol. The van der Waals surface area contributed by atoms with Crippen molar-refractivity contribution in [1.82, 2.24) is 9.71 Å². The van der Waals surface area contributed by atoms with Crippen LogP contribution < -0.4 is 4.72 Å². The lowest BCUT2D eigenvalue weighted by atomic mass is 10.2. The van der Waals surface area contributed by atoms with E-state index in [0.29, 0.717) is 5.69 Å². The van der Waals surface area contributed by atoms with Gasteiger partial charge in [-0.15, -0.1) is 0 Å². The minimum atomic E-state index is -4.38. The molecule has 132 valence electrons. The molecule has 0 radical (unpaired) electrons. The van der Waals surface area contributed by atoms with Crippen LogP contribution in [-0.4, -0.2) is 30.7 Å². The molecule has 0 aliphatic rings. The Labute approximate surface area is 153 Å². The summed E-state index contributed by atoms with van der Waals surface area (Å²) in [5.41, 5.74) is 0.301. The van der Waals surface area contributed by atoms with Crippen LogP contribution in [0, 0.1) is 0 Å². The molecule has 1 aromatic heterocycles. The molecule has 0 fully saturated rings. The summed E-state index contributed by atoms with van der Waals surface area (Å²) < 4.78 is 26.6. The van der Waals surface area contributed by atoms with E-state index < -0.39 is 21.2 Å². The SMILES string of the molecule is O=CC(c1cc(Cl)cc(Cl)c1)S(=O)(=O)NC(=O)c1ccc(CO)nc1. The highest BCUT2D eigenvalue weighted by Crippen LogP contribution is 2.26. The number of benzene rings is 1. The van der Waals surface area contributed by atoms with Crippen LogP contribution in [0.2, 0.25) is 10.0 Å². The zero-order chi connectivity index (χ0) is 18.6. The van der Waals surface area contributed by atoms with E-state index in [1.165, 1.54) is 30.3 Å². The monoisotopic (exact) mass is 402 g/mol. The van der Waals surface area contributed by atoms with Crippen LogP contribution in [0.25, 0.3) is 0 Å². The van der Waals surface area contributed by atoms with Crippen LogP contribution in [-0.2, 0) is 21.4 Å². The van der Waals surface area contributed by atoms with Crippen molar-refractivity contribution in [3.8, 4) is 0 Å². The number of sulfonamides is 1. The standard InChI is InChI=1S/C15H12Cl2N2O5S/c16-11-3-10(4-12(17)5-11)14(8-21)25(23,24)19-15(22)9-1-2-13(7-20)18-6-9/h1-6,8,14,20H,7H2,(H,19,22). The van der Waals surface area contributed by atoms with Gasteiger partial charge in [-0.3, -0.25) is 9.78 Å². The zero-order valence-corrected chi connectivity index (χ0v) is 14.8. The van der Waals surface area contributed by atoms with E-state index in [9.17, 15) is 18.0 Å². The number of aromatic nitrogens is 1. The van der Waals surface area contributed by atoms with Gasteiger partial charge < -0.3 is 9.90 Å². The highest BCUT2D eigenvalue weighted by atomic mass is 35.5. The van der Waals surface area contributed by atoms with Crippen molar-refractivity contribution in [2.45, 2.75) is 11.9 Å². The Morgan fingerprint density at radius 3 is 2.36 bits per heavy atom. The maximum absolute atomic E-state index is 12.4. The fraction of sp³-hybridized carbons (Fsp3) is 0.133. The van der Waals surface area contributed by atoms with Gasteiger partial charge in [0.2, 0.25) is 10.0 Å². The molecule has 1 atom stereocenters. The summed E-state index contributed by atoms with van der Waals surface area (Å²) in [4.78, 5) is 27.2. The first-order valence-electron chi connectivity index (χ1n) is 6.80. The van der Waals surface area contributed by atoms with Gasteiger partial charge in [-0.1, -0.05) is 23.2 Å². The number of nitrogens with one attached hydrogen (secondary N) is 1. The van der Waals surface area contributed by atoms with Crippen LogP contribution in [0.1, 0.15) is 26.9 Å². The molecule has 0 aliphatic heterocycles. The first-order chi connectivity index (χ1) is 11.8. The second-order valence-electron chi connectivity index (χ2n) is 4.93. The Morgan fingerprint density at radius 2 is 1.88 bits per heavy atom. The van der Waals surface area contributed by atoms with Gasteiger partial charge >= 0.3 is 0 Å². The number of aldehydes is 1. The third kappa shape index (κ3) is 4.76. The van der Waals surface area contributed by atoms with Crippen molar-refractivity contribution >= 4 is 45.4 Å². The third-order valence-corrected chi connectivity index (χ3v) is 5.11. The minimum Gasteiger partial charge on any atom is -0.390 e. The van der Waals surface area contributed by atoms with Gasteiger partial charge in [-0.2, -0.15) is 0 Å². The van der Waals surface area contributed by atoms with E-state index in [0.717, 1.165) is 6.20 Å². The van der Waals surface area contributed by atoms with E-state index in [1.807, 2.05) is 4.72 Å². The van der Waals surface area contributed by atoms with Gasteiger partial charge in [-0.05, 0) is 35.9 Å². The van der Waals surface area contributed by atoms with Crippen molar-refractivity contribution in [3.63, 3.8) is 0 Å². The molecule has 0 saturated carbocycles. The summed E-state index contributed by atoms with van der Waals surface area (Å²) in [5, 5.41) is 7.55. The number of carbonyl (C=O) groups is 2. The fourth-order valence-electron chi connectivity index (χ4n) is 1.97. The summed E-state index contributed by atoms with van der Waals surface area (Å²) in [6.45, 7) is -0.317. The minimum absolute atomic E-state index is 0.0292. The number of aliphatic hydroxyl groups is 1. The molecule has 0 spiro atoms. The van der Waals surface area contributed by atoms with E-state index in [4.69, 9.17) is 28.3 Å². The van der Waals surface area contributed by atoms with E-state index in [2.05, 4.69) is 4.98 Å². The van der Waals surface area contributed by atoms with Crippen LogP contribution in [0.5, 0.6) is 0 Å². The van der Waals surface area contributed by atoms with Gasteiger partial charge in [0.05, 0.1) is 17.9 Å². The second kappa shape index (κ2) is 7.92. The molecule has 0 aliphatic carbocycles. The smallest absolute Gasteiger partial charge is 0.266 e. The molecule has 1 heterocycles. The molecule has 1 aromatic carbocycles. The second-order valence-corrected chi connectivity index (χ2v) is 7.61. The molecule has 0 bridgehead atoms. The molecular formula is C15H12Cl2N2O5S. The zero-order valence-electron chi connectivity index (χ0n) is 12.5. The summed E-state index contributed by atoms with van der Waals surface area (Å²) >= 11 is 11.6. The summed E-state index contributed by atoms with van der Waals surface area (Å²) in [7, 11) is -4.38. The topological polar surface area (TPSA) is 113 Å². The average molecular weight is 403 g/mol. The maximum atomic E-state index is 12.4. The normalized spacial score (nSPS) is 12.4. The highest BCUT2D eigenvalue weighted by molar-refractivity contribution is 7.91. The largest absolute Gasteiger partial charge is 0.390 e. The molecule has 1 unspecified atom stereocenters. The lowest BCUT2D eigenvalue weighted by molar-refractivity contribution is -0.107. The molecule has 7 nitrogen and oxygen atoms in total. The first kappa shape index (κ1) is 19.3.